The Hall–Kier alpha value is -4.55. The van der Waals surface area contributed by atoms with Crippen molar-refractivity contribution < 1.29 is 22.7 Å². The number of alkyl halides is 3. The van der Waals surface area contributed by atoms with Crippen molar-refractivity contribution in [2.45, 2.75) is 6.18 Å². The zero-order chi connectivity index (χ0) is 24.4. The number of pyridine rings is 1. The second-order valence-electron chi connectivity index (χ2n) is 6.16. The van der Waals surface area contributed by atoms with Crippen molar-refractivity contribution in [1.29, 1.82) is 0 Å². The molecule has 2 aromatic rings. The van der Waals surface area contributed by atoms with Crippen molar-refractivity contribution in [2.75, 3.05) is 11.9 Å². The average molecular weight is 462 g/mol. The summed E-state index contributed by atoms with van der Waals surface area (Å²) in [5.74, 6) is -1.35. The van der Waals surface area contributed by atoms with Gasteiger partial charge in [0.15, 0.2) is 18.2 Å². The zero-order valence-electron chi connectivity index (χ0n) is 17.2. The number of hydrogen-bond donors (Lipinski definition) is 4. The Bertz CT molecular complexity index is 1080. The molecule has 0 saturated carbocycles. The molecule has 0 aliphatic rings. The SMILES string of the molecule is C=C(N=C(N)N=C(N)/C(N)=N/OC(=C)c1cccnc1OCC(F)(F)F)Nc1ccccc1. The number of halogens is 3. The van der Waals surface area contributed by atoms with Crippen LogP contribution in [0.1, 0.15) is 5.56 Å². The van der Waals surface area contributed by atoms with Crippen molar-refractivity contribution in [3.05, 3.63) is 73.2 Å². The van der Waals surface area contributed by atoms with Crippen LogP contribution in [0.25, 0.3) is 5.76 Å². The third-order valence-electron chi connectivity index (χ3n) is 3.51. The Morgan fingerprint density at radius 2 is 1.70 bits per heavy atom. The van der Waals surface area contributed by atoms with Gasteiger partial charge in [0.05, 0.1) is 5.56 Å². The molecule has 0 aliphatic heterocycles. The number of amidine groups is 2. The molecule has 0 fully saturated rings. The average Bonchev–Trinajstić information content (AvgIpc) is 2.75. The van der Waals surface area contributed by atoms with Gasteiger partial charge in [0.25, 0.3) is 0 Å². The van der Waals surface area contributed by atoms with Gasteiger partial charge in [-0.3, -0.25) is 0 Å². The summed E-state index contributed by atoms with van der Waals surface area (Å²) < 4.78 is 41.9. The van der Waals surface area contributed by atoms with Crippen LogP contribution in [0.5, 0.6) is 5.88 Å². The molecule has 1 heterocycles. The van der Waals surface area contributed by atoms with Crippen LogP contribution >= 0.6 is 0 Å². The molecule has 174 valence electrons. The molecule has 0 aliphatic carbocycles. The van der Waals surface area contributed by atoms with Crippen molar-refractivity contribution in [2.24, 2.45) is 32.3 Å². The second-order valence-corrected chi connectivity index (χ2v) is 6.16. The Morgan fingerprint density at radius 1 is 1.00 bits per heavy atom. The first-order valence-electron chi connectivity index (χ1n) is 9.09. The first-order valence-corrected chi connectivity index (χ1v) is 9.09. The van der Waals surface area contributed by atoms with E-state index in [2.05, 4.69) is 43.3 Å². The van der Waals surface area contributed by atoms with Crippen LogP contribution in [0.2, 0.25) is 0 Å². The number of oxime groups is 1. The zero-order valence-corrected chi connectivity index (χ0v) is 17.2. The fourth-order valence-electron chi connectivity index (χ4n) is 2.13. The number of hydrogen-bond acceptors (Lipinski definition) is 6. The summed E-state index contributed by atoms with van der Waals surface area (Å²) in [5.41, 5.74) is 17.9. The first kappa shape index (κ1) is 24.7. The number of aromatic nitrogens is 1. The standard InChI is InChI=1S/C20H21F3N8O2/c1-12(15-9-6-10-27-18(15)32-11-20(21,22)23)33-31-17(25)16(24)30-19(26)29-13(2)28-14-7-4-3-5-8-14/h3-10,28H,1-2,11H2,(H2,25,31)(H4,24,26,29,30). The molecule has 0 amide bonds. The summed E-state index contributed by atoms with van der Waals surface area (Å²) in [6.45, 7) is 5.72. The molecule has 7 N–H and O–H groups in total. The number of nitrogens with two attached hydrogens (primary N) is 3. The minimum Gasteiger partial charge on any atom is -0.467 e. The number of aliphatic imine (C=N–C) groups is 2. The number of guanidine groups is 1. The fraction of sp³-hybridized carbons (Fsp3) is 0.100. The highest BCUT2D eigenvalue weighted by molar-refractivity contribution is 6.40. The van der Waals surface area contributed by atoms with E-state index in [9.17, 15) is 13.2 Å². The maximum atomic E-state index is 12.4. The van der Waals surface area contributed by atoms with Crippen LogP contribution in [-0.2, 0) is 4.84 Å². The van der Waals surface area contributed by atoms with Gasteiger partial charge in [-0.05, 0) is 24.3 Å². The molecule has 0 saturated heterocycles. The van der Waals surface area contributed by atoms with E-state index >= 15 is 0 Å². The number of rotatable bonds is 8. The molecular weight excluding hydrogens is 441 g/mol. The number of nitrogens with zero attached hydrogens (tertiary/aromatic N) is 4. The lowest BCUT2D eigenvalue weighted by molar-refractivity contribution is -0.154. The fourth-order valence-corrected chi connectivity index (χ4v) is 2.13. The molecule has 0 bridgehead atoms. The van der Waals surface area contributed by atoms with Gasteiger partial charge in [0.1, 0.15) is 5.82 Å². The lowest BCUT2D eigenvalue weighted by atomic mass is 10.2. The van der Waals surface area contributed by atoms with E-state index in [0.717, 1.165) is 5.69 Å². The Kier molecular flexibility index (Phi) is 8.37. The Morgan fingerprint density at radius 3 is 2.36 bits per heavy atom. The minimum atomic E-state index is -4.55. The highest BCUT2D eigenvalue weighted by atomic mass is 19.4. The van der Waals surface area contributed by atoms with Crippen LogP contribution in [-0.4, -0.2) is 35.4 Å². The van der Waals surface area contributed by atoms with Crippen LogP contribution in [0.4, 0.5) is 18.9 Å². The predicted molar refractivity (Wildman–Crippen MR) is 120 cm³/mol. The monoisotopic (exact) mass is 462 g/mol. The highest BCUT2D eigenvalue weighted by Crippen LogP contribution is 2.25. The van der Waals surface area contributed by atoms with Crippen LogP contribution in [0.15, 0.2) is 82.8 Å². The van der Waals surface area contributed by atoms with Gasteiger partial charge >= 0.3 is 6.18 Å². The summed E-state index contributed by atoms with van der Waals surface area (Å²) in [6.07, 6.45) is -3.30. The van der Waals surface area contributed by atoms with Crippen molar-refractivity contribution in [3.63, 3.8) is 0 Å². The molecule has 2 rings (SSSR count). The maximum Gasteiger partial charge on any atom is 0.422 e. The molecule has 1 aromatic heterocycles. The van der Waals surface area contributed by atoms with E-state index in [1.54, 1.807) is 12.1 Å². The quantitative estimate of drug-likeness (QED) is 0.203. The third kappa shape index (κ3) is 8.61. The lowest BCUT2D eigenvalue weighted by Crippen LogP contribution is -2.33. The Balaban J connectivity index is 2.02. The van der Waals surface area contributed by atoms with Gasteiger partial charge < -0.3 is 32.1 Å². The van der Waals surface area contributed by atoms with Gasteiger partial charge in [-0.25, -0.2) is 4.98 Å². The van der Waals surface area contributed by atoms with Crippen LogP contribution in [0, 0.1) is 0 Å². The molecule has 13 heteroatoms. The molecule has 0 unspecified atom stereocenters. The molecular formula is C20H21F3N8O2. The topological polar surface area (TPSA) is 159 Å². The normalized spacial score (nSPS) is 12.8. The van der Waals surface area contributed by atoms with Gasteiger partial charge in [0, 0.05) is 11.9 Å². The molecule has 0 radical (unpaired) electrons. The maximum absolute atomic E-state index is 12.4. The van der Waals surface area contributed by atoms with Gasteiger partial charge in [-0.1, -0.05) is 36.5 Å². The largest absolute Gasteiger partial charge is 0.467 e. The number of benzene rings is 1. The second kappa shape index (κ2) is 11.2. The molecule has 0 atom stereocenters. The van der Waals surface area contributed by atoms with Crippen LogP contribution < -0.4 is 27.3 Å². The van der Waals surface area contributed by atoms with Gasteiger partial charge in [0.2, 0.25) is 17.7 Å². The van der Waals surface area contributed by atoms with E-state index in [1.807, 2.05) is 18.2 Å². The van der Waals surface area contributed by atoms with E-state index in [4.69, 9.17) is 22.0 Å². The number of para-hydroxylation sites is 1. The van der Waals surface area contributed by atoms with Crippen molar-refractivity contribution in [1.82, 2.24) is 4.98 Å². The van der Waals surface area contributed by atoms with Crippen molar-refractivity contribution in [3.8, 4) is 5.88 Å². The summed E-state index contributed by atoms with van der Waals surface area (Å²) in [5, 5.41) is 6.44. The minimum absolute atomic E-state index is 0.0261. The smallest absolute Gasteiger partial charge is 0.422 e. The number of anilines is 1. The lowest BCUT2D eigenvalue weighted by Gasteiger charge is -2.12. The summed E-state index contributed by atoms with van der Waals surface area (Å²) in [4.78, 5) is 16.4. The van der Waals surface area contributed by atoms with Gasteiger partial charge in [-0.15, -0.1) is 0 Å². The van der Waals surface area contributed by atoms with E-state index in [-0.39, 0.29) is 34.8 Å². The van der Waals surface area contributed by atoms with Crippen molar-refractivity contribution >= 4 is 29.1 Å². The van der Waals surface area contributed by atoms with E-state index in [1.165, 1.54) is 18.3 Å². The third-order valence-corrected chi connectivity index (χ3v) is 3.51. The highest BCUT2D eigenvalue weighted by Gasteiger charge is 2.29. The van der Waals surface area contributed by atoms with E-state index in [0.29, 0.717) is 0 Å². The predicted octanol–water partition coefficient (Wildman–Crippen LogP) is 2.54. The number of nitrogens with one attached hydrogen (secondary N) is 1. The Labute approximate surface area is 187 Å². The first-order chi connectivity index (χ1) is 15.5. The summed E-state index contributed by atoms with van der Waals surface area (Å²) >= 11 is 0. The summed E-state index contributed by atoms with van der Waals surface area (Å²) in [7, 11) is 0. The summed E-state index contributed by atoms with van der Waals surface area (Å²) in [6, 6.07) is 11.9. The van der Waals surface area contributed by atoms with E-state index < -0.39 is 18.6 Å². The number of ether oxygens (including phenoxy) is 1. The molecule has 10 nitrogen and oxygen atoms in total. The van der Waals surface area contributed by atoms with Crippen LogP contribution in [0.3, 0.4) is 0 Å². The molecule has 33 heavy (non-hydrogen) atoms. The van der Waals surface area contributed by atoms with Gasteiger partial charge in [-0.2, -0.15) is 23.2 Å². The molecule has 1 aromatic carbocycles. The molecule has 0 spiro atoms.